The summed E-state index contributed by atoms with van der Waals surface area (Å²) in [7, 11) is 3.04. The van der Waals surface area contributed by atoms with Gasteiger partial charge in [0, 0.05) is 6.42 Å². The molecule has 0 aliphatic carbocycles. The normalized spacial score (nSPS) is 13.7. The number of esters is 1. The molecule has 0 saturated heterocycles. The number of Topliss-reactive ketones (excluding diaryl/α,β-unsaturated/α-hetero) is 1. The Kier molecular flexibility index (Phi) is 10.6. The summed E-state index contributed by atoms with van der Waals surface area (Å²) in [5.41, 5.74) is 7.18. The number of carbonyl (C=O) groups is 2. The molecular weight excluding hydrogens is 320 g/mol. The van der Waals surface area contributed by atoms with E-state index >= 15 is 0 Å². The van der Waals surface area contributed by atoms with E-state index in [0.717, 1.165) is 6.42 Å². The van der Waals surface area contributed by atoms with E-state index in [1.165, 1.54) is 21.6 Å². The molecule has 0 heterocycles. The second-order valence-electron chi connectivity index (χ2n) is 5.85. The Morgan fingerprint density at radius 1 is 1.09 bits per heavy atom. The Balaban J connectivity index is 3.92. The molecule has 0 spiro atoms. The van der Waals surface area contributed by atoms with Gasteiger partial charge in [-0.05, 0) is 20.8 Å². The van der Waals surface area contributed by atoms with Crippen molar-refractivity contribution in [3.63, 3.8) is 0 Å². The van der Waals surface area contributed by atoms with Crippen molar-refractivity contribution in [1.29, 1.82) is 0 Å². The van der Waals surface area contributed by atoms with Crippen molar-refractivity contribution in [2.45, 2.75) is 58.2 Å². The van der Waals surface area contributed by atoms with Crippen LogP contribution >= 0.6 is 21.6 Å². The summed E-state index contributed by atoms with van der Waals surface area (Å²) in [6.45, 7) is 7.45. The third-order valence-corrected chi connectivity index (χ3v) is 4.94. The van der Waals surface area contributed by atoms with E-state index in [2.05, 4.69) is 23.3 Å². The molecule has 0 aliphatic rings. The molecule has 0 aromatic heterocycles. The zero-order valence-corrected chi connectivity index (χ0v) is 15.6. The van der Waals surface area contributed by atoms with Crippen molar-refractivity contribution in [3.05, 3.63) is 0 Å². The summed E-state index contributed by atoms with van der Waals surface area (Å²) in [4.78, 5) is 23.5. The second-order valence-corrected chi connectivity index (χ2v) is 8.40. The molecule has 0 bridgehead atoms. The van der Waals surface area contributed by atoms with Crippen LogP contribution in [0.4, 0.5) is 0 Å². The summed E-state index contributed by atoms with van der Waals surface area (Å²) in [5.74, 6) is 6.64. The van der Waals surface area contributed by atoms with Crippen LogP contribution in [-0.2, 0) is 14.3 Å². The van der Waals surface area contributed by atoms with Crippen molar-refractivity contribution in [1.82, 2.24) is 0 Å². The van der Waals surface area contributed by atoms with Gasteiger partial charge < -0.3 is 16.2 Å². The molecule has 0 radical (unpaired) electrons. The van der Waals surface area contributed by atoms with Crippen molar-refractivity contribution in [2.75, 3.05) is 11.5 Å². The number of hydrogen-bond acceptors (Lipinski definition) is 5. The molecule has 5 nitrogen and oxygen atoms in total. The average Bonchev–Trinajstić information content (AvgIpc) is 2.41. The first-order valence-corrected chi connectivity index (χ1v) is 9.78. The predicted octanol–water partition coefficient (Wildman–Crippen LogP) is 0.303. The van der Waals surface area contributed by atoms with Crippen LogP contribution in [0.2, 0.25) is 0 Å². The third kappa shape index (κ3) is 11.0. The monoisotopic (exact) mass is 348 g/mol. The molecule has 0 fully saturated rings. The summed E-state index contributed by atoms with van der Waals surface area (Å²) < 4.78 is 5.27. The fraction of sp³-hybridized carbons (Fsp3) is 0.733. The molecule has 22 heavy (non-hydrogen) atoms. The van der Waals surface area contributed by atoms with Crippen LogP contribution in [0.5, 0.6) is 0 Å². The minimum atomic E-state index is -0.491. The third-order valence-electron chi connectivity index (χ3n) is 2.38. The molecule has 0 unspecified atom stereocenters. The van der Waals surface area contributed by atoms with Crippen LogP contribution in [0.3, 0.4) is 0 Å². The lowest BCUT2D eigenvalue weighted by atomic mass is 10.2. The fourth-order valence-corrected chi connectivity index (χ4v) is 3.63. The van der Waals surface area contributed by atoms with Gasteiger partial charge in [-0.25, -0.2) is 4.79 Å². The number of quaternary nitrogens is 2. The highest BCUT2D eigenvalue weighted by Crippen LogP contribution is 2.22. The lowest BCUT2D eigenvalue weighted by Crippen LogP contribution is -2.67. The highest BCUT2D eigenvalue weighted by atomic mass is 33.1. The van der Waals surface area contributed by atoms with Crippen LogP contribution in [-0.4, -0.2) is 40.9 Å². The summed E-state index contributed by atoms with van der Waals surface area (Å²) in [6.07, 6.45) is 1.03. The smallest absolute Gasteiger partial charge is 0.366 e. The molecule has 0 amide bonds. The first kappa shape index (κ1) is 21.3. The summed E-state index contributed by atoms with van der Waals surface area (Å²) in [5, 5.41) is 0. The zero-order valence-electron chi connectivity index (χ0n) is 13.9. The molecule has 0 aromatic carbocycles. The van der Waals surface area contributed by atoms with Crippen LogP contribution in [0.25, 0.3) is 0 Å². The van der Waals surface area contributed by atoms with E-state index in [-0.39, 0.29) is 24.2 Å². The Morgan fingerprint density at radius 2 is 1.64 bits per heavy atom. The fourth-order valence-electron chi connectivity index (χ4n) is 1.23. The van der Waals surface area contributed by atoms with Gasteiger partial charge >= 0.3 is 5.97 Å². The minimum Gasteiger partial charge on any atom is -0.456 e. The van der Waals surface area contributed by atoms with Crippen molar-refractivity contribution in [2.24, 2.45) is 0 Å². The average molecular weight is 349 g/mol. The molecule has 0 aliphatic heterocycles. The largest absolute Gasteiger partial charge is 0.456 e. The first-order chi connectivity index (χ1) is 10.2. The summed E-state index contributed by atoms with van der Waals surface area (Å²) in [6, 6.07) is -0.681. The number of rotatable bonds is 8. The highest BCUT2D eigenvalue weighted by molar-refractivity contribution is 8.76. The standard InChI is InChI=1S/C15H26N2O3S2/c1-5-6-7-8-13(18)11(16)9-21-22-10-12(17)14(19)20-15(2,3)4/h11-12H,5,8-10,16-17H2,1-4H3/p+2/t11-,12-/m0/s1. The number of ketones is 1. The molecule has 6 N–H and O–H groups in total. The highest BCUT2D eigenvalue weighted by Gasteiger charge is 2.25. The van der Waals surface area contributed by atoms with E-state index in [4.69, 9.17) is 4.74 Å². The number of hydrogen-bond donors (Lipinski definition) is 2. The maximum absolute atomic E-state index is 11.8. The van der Waals surface area contributed by atoms with Crippen LogP contribution in [0, 0.1) is 11.8 Å². The van der Waals surface area contributed by atoms with Gasteiger partial charge in [0.1, 0.15) is 5.60 Å². The topological polar surface area (TPSA) is 98.6 Å². The molecule has 0 saturated carbocycles. The first-order valence-electron chi connectivity index (χ1n) is 7.29. The lowest BCUT2D eigenvalue weighted by Gasteiger charge is -2.20. The molecule has 126 valence electrons. The van der Waals surface area contributed by atoms with Gasteiger partial charge in [-0.1, -0.05) is 34.4 Å². The maximum Gasteiger partial charge on any atom is 0.366 e. The van der Waals surface area contributed by atoms with Gasteiger partial charge in [-0.15, -0.1) is 5.92 Å². The van der Waals surface area contributed by atoms with Gasteiger partial charge in [0.05, 0.1) is 17.9 Å². The predicted molar refractivity (Wildman–Crippen MR) is 91.8 cm³/mol. The molecule has 7 heteroatoms. The Bertz CT molecular complexity index is 425. The zero-order chi connectivity index (χ0) is 17.2. The van der Waals surface area contributed by atoms with E-state index in [9.17, 15) is 9.59 Å². The van der Waals surface area contributed by atoms with Crippen LogP contribution < -0.4 is 11.5 Å². The van der Waals surface area contributed by atoms with E-state index in [0.29, 0.717) is 11.5 Å². The Morgan fingerprint density at radius 3 is 2.14 bits per heavy atom. The maximum atomic E-state index is 11.8. The van der Waals surface area contributed by atoms with Gasteiger partial charge in [-0.3, -0.25) is 4.79 Å². The Labute approximate surface area is 141 Å². The van der Waals surface area contributed by atoms with Gasteiger partial charge in [0.2, 0.25) is 5.78 Å². The van der Waals surface area contributed by atoms with Crippen LogP contribution in [0.1, 0.15) is 40.5 Å². The van der Waals surface area contributed by atoms with E-state index in [1.54, 1.807) is 0 Å². The summed E-state index contributed by atoms with van der Waals surface area (Å²) >= 11 is 0. The molecule has 0 rings (SSSR count). The van der Waals surface area contributed by atoms with Gasteiger partial charge in [0.15, 0.2) is 12.1 Å². The SMILES string of the molecule is CCC#CCC(=O)[C@@H]([NH3+])CSSC[C@H]([NH3+])C(=O)OC(C)(C)C. The van der Waals surface area contributed by atoms with Gasteiger partial charge in [-0.2, -0.15) is 0 Å². The van der Waals surface area contributed by atoms with Crippen molar-refractivity contribution < 1.29 is 25.8 Å². The number of carbonyl (C=O) groups excluding carboxylic acids is 2. The van der Waals surface area contributed by atoms with Gasteiger partial charge in [0.25, 0.3) is 0 Å². The minimum absolute atomic E-state index is 0.0624. The van der Waals surface area contributed by atoms with Crippen LogP contribution in [0.15, 0.2) is 0 Å². The lowest BCUT2D eigenvalue weighted by molar-refractivity contribution is -0.402. The Hall–Kier alpha value is -0.680. The second kappa shape index (κ2) is 10.9. The quantitative estimate of drug-likeness (QED) is 0.285. The molecular formula is C15H28N2O3S2+2. The number of ether oxygens (including phenoxy) is 1. The van der Waals surface area contributed by atoms with Crippen molar-refractivity contribution in [3.8, 4) is 11.8 Å². The van der Waals surface area contributed by atoms with E-state index < -0.39 is 11.6 Å². The van der Waals surface area contributed by atoms with E-state index in [1.807, 2.05) is 27.7 Å². The molecule has 0 aromatic rings. The van der Waals surface area contributed by atoms with Crippen molar-refractivity contribution >= 4 is 33.3 Å². The molecule has 2 atom stereocenters.